The number of benzene rings is 1. The van der Waals surface area contributed by atoms with E-state index in [0.29, 0.717) is 38.6 Å². The maximum atomic E-state index is 12.7. The van der Waals surface area contributed by atoms with Gasteiger partial charge in [-0.25, -0.2) is 0 Å². The average Bonchev–Trinajstić information content (AvgIpc) is 3.38. The van der Waals surface area contributed by atoms with E-state index < -0.39 is 0 Å². The van der Waals surface area contributed by atoms with E-state index in [1.54, 1.807) is 22.8 Å². The highest BCUT2D eigenvalue weighted by molar-refractivity contribution is 14.0. The van der Waals surface area contributed by atoms with Gasteiger partial charge in [0, 0.05) is 59.4 Å². The molecule has 4 rings (SSSR count). The fourth-order valence-corrected chi connectivity index (χ4v) is 4.14. The summed E-state index contributed by atoms with van der Waals surface area (Å²) in [5.41, 5.74) is 3.09. The molecule has 1 N–H and O–H groups in total. The molecule has 10 heteroatoms. The first-order valence-corrected chi connectivity index (χ1v) is 10.6. The molecule has 1 aromatic heterocycles. The molecule has 3 heterocycles. The van der Waals surface area contributed by atoms with E-state index in [-0.39, 0.29) is 42.3 Å². The summed E-state index contributed by atoms with van der Waals surface area (Å²) >= 11 is 0. The lowest BCUT2D eigenvalue weighted by Crippen LogP contribution is -2.55. The van der Waals surface area contributed by atoms with Crippen LogP contribution >= 0.6 is 24.0 Å². The van der Waals surface area contributed by atoms with Crippen molar-refractivity contribution in [2.24, 2.45) is 12.0 Å². The monoisotopic (exact) mass is 551 g/mol. The maximum absolute atomic E-state index is 12.7. The van der Waals surface area contributed by atoms with Gasteiger partial charge >= 0.3 is 0 Å². The Balaban J connectivity index is 0.00000289. The molecule has 2 aliphatic heterocycles. The first-order chi connectivity index (χ1) is 15.0. The number of rotatable bonds is 5. The predicted octanol–water partition coefficient (Wildman–Crippen LogP) is 1.58. The van der Waals surface area contributed by atoms with E-state index in [9.17, 15) is 9.59 Å². The van der Waals surface area contributed by atoms with Crippen molar-refractivity contribution in [3.63, 3.8) is 0 Å². The minimum atomic E-state index is 0. The van der Waals surface area contributed by atoms with Crippen molar-refractivity contribution >= 4 is 47.4 Å². The number of likely N-dealkylation sites (tertiary alicyclic amines) is 1. The summed E-state index contributed by atoms with van der Waals surface area (Å²) in [5, 5.41) is 7.55. The molecule has 2 amide bonds. The number of hydrogen-bond acceptors (Lipinski definition) is 4. The van der Waals surface area contributed by atoms with Crippen LogP contribution in [0.5, 0.6) is 0 Å². The van der Waals surface area contributed by atoms with Gasteiger partial charge in [-0.3, -0.25) is 19.3 Å². The van der Waals surface area contributed by atoms with Gasteiger partial charge in [-0.1, -0.05) is 24.3 Å². The van der Waals surface area contributed by atoms with E-state index in [4.69, 9.17) is 0 Å². The normalized spacial score (nSPS) is 17.1. The Morgan fingerprint density at radius 3 is 2.53 bits per heavy atom. The van der Waals surface area contributed by atoms with Crippen LogP contribution in [-0.4, -0.2) is 70.6 Å². The van der Waals surface area contributed by atoms with Gasteiger partial charge < -0.3 is 20.0 Å². The number of amides is 2. The summed E-state index contributed by atoms with van der Waals surface area (Å²) in [5.74, 6) is 0.949. The Bertz CT molecular complexity index is 990. The third-order valence-corrected chi connectivity index (χ3v) is 5.82. The maximum Gasteiger partial charge on any atom is 0.246 e. The van der Waals surface area contributed by atoms with Gasteiger partial charge in [0.25, 0.3) is 0 Å². The molecule has 0 atom stereocenters. The number of carbonyl (C=O) groups is 2. The standard InChI is InChI=1S/C22H29N7O2.HI/c1-23-22(28-10-11-29(21(31)16-28)19-13-25-26(2)15-19)24-12-17-6-3-4-7-18(17)14-27-9-5-8-20(27)30;/h3-4,6-7,13,15H,5,8-12,14,16H2,1-2H3,(H,23,24);1H. The molecule has 0 saturated carbocycles. The van der Waals surface area contributed by atoms with Crippen molar-refractivity contribution in [2.75, 3.05) is 38.1 Å². The van der Waals surface area contributed by atoms with Crippen molar-refractivity contribution in [3.8, 4) is 0 Å². The summed E-state index contributed by atoms with van der Waals surface area (Å²) in [4.78, 5) is 34.8. The van der Waals surface area contributed by atoms with Crippen LogP contribution < -0.4 is 10.2 Å². The van der Waals surface area contributed by atoms with Gasteiger partial charge in [0.1, 0.15) is 6.54 Å². The van der Waals surface area contributed by atoms with E-state index in [0.717, 1.165) is 29.8 Å². The minimum Gasteiger partial charge on any atom is -0.352 e. The smallest absolute Gasteiger partial charge is 0.246 e. The SMILES string of the molecule is CN=C(NCc1ccccc1CN1CCCC1=O)N1CCN(c2cnn(C)c2)C(=O)C1.I. The third-order valence-electron chi connectivity index (χ3n) is 5.82. The number of guanidine groups is 1. The molecule has 0 radical (unpaired) electrons. The van der Waals surface area contributed by atoms with Gasteiger partial charge in [-0.2, -0.15) is 5.10 Å². The Morgan fingerprint density at radius 1 is 1.12 bits per heavy atom. The summed E-state index contributed by atoms with van der Waals surface area (Å²) in [6.45, 7) is 3.58. The van der Waals surface area contributed by atoms with Crippen LogP contribution in [0.25, 0.3) is 0 Å². The van der Waals surface area contributed by atoms with Crippen LogP contribution in [0.15, 0.2) is 41.7 Å². The van der Waals surface area contributed by atoms with Gasteiger partial charge in [-0.15, -0.1) is 24.0 Å². The molecule has 2 saturated heterocycles. The first kappa shape index (κ1) is 24.0. The minimum absolute atomic E-state index is 0. The van der Waals surface area contributed by atoms with Crippen molar-refractivity contribution in [2.45, 2.75) is 25.9 Å². The Kier molecular flexibility index (Phi) is 8.10. The molecule has 0 spiro atoms. The Hall–Kier alpha value is -2.63. The average molecular weight is 551 g/mol. The highest BCUT2D eigenvalue weighted by Crippen LogP contribution is 2.18. The summed E-state index contributed by atoms with van der Waals surface area (Å²) < 4.78 is 1.70. The molecule has 32 heavy (non-hydrogen) atoms. The Labute approximate surface area is 205 Å². The van der Waals surface area contributed by atoms with Crippen LogP contribution in [-0.2, 0) is 29.7 Å². The fourth-order valence-electron chi connectivity index (χ4n) is 4.14. The van der Waals surface area contributed by atoms with Gasteiger partial charge in [0.2, 0.25) is 11.8 Å². The number of aromatic nitrogens is 2. The van der Waals surface area contributed by atoms with Crippen molar-refractivity contribution in [3.05, 3.63) is 47.8 Å². The summed E-state index contributed by atoms with van der Waals surface area (Å²) in [6.07, 6.45) is 5.14. The van der Waals surface area contributed by atoms with Crippen LogP contribution in [0.3, 0.4) is 0 Å². The lowest BCUT2D eigenvalue weighted by atomic mass is 10.1. The number of aryl methyl sites for hydroxylation is 1. The number of piperazine rings is 1. The van der Waals surface area contributed by atoms with E-state index >= 15 is 0 Å². The van der Waals surface area contributed by atoms with Crippen LogP contribution in [0.4, 0.5) is 5.69 Å². The number of anilines is 1. The second-order valence-corrected chi connectivity index (χ2v) is 7.93. The van der Waals surface area contributed by atoms with Crippen molar-refractivity contribution in [1.29, 1.82) is 0 Å². The molecule has 0 unspecified atom stereocenters. The Morgan fingerprint density at radius 2 is 1.91 bits per heavy atom. The molecule has 1 aromatic carbocycles. The molecule has 9 nitrogen and oxygen atoms in total. The van der Waals surface area contributed by atoms with Gasteiger partial charge in [-0.05, 0) is 17.5 Å². The lowest BCUT2D eigenvalue weighted by Gasteiger charge is -2.35. The quantitative estimate of drug-likeness (QED) is 0.347. The van der Waals surface area contributed by atoms with Crippen LogP contribution in [0.2, 0.25) is 0 Å². The second-order valence-electron chi connectivity index (χ2n) is 7.93. The van der Waals surface area contributed by atoms with E-state index in [1.807, 2.05) is 35.2 Å². The highest BCUT2D eigenvalue weighted by atomic mass is 127. The van der Waals surface area contributed by atoms with Gasteiger partial charge in [0.15, 0.2) is 5.96 Å². The lowest BCUT2D eigenvalue weighted by molar-refractivity contribution is -0.128. The fraction of sp³-hybridized carbons (Fsp3) is 0.455. The number of aliphatic imine (C=N–C) groups is 1. The van der Waals surface area contributed by atoms with Crippen LogP contribution in [0, 0.1) is 0 Å². The molecular formula is C22H30IN7O2. The summed E-state index contributed by atoms with van der Waals surface area (Å²) in [6, 6.07) is 8.15. The summed E-state index contributed by atoms with van der Waals surface area (Å²) in [7, 11) is 3.57. The third kappa shape index (κ3) is 5.40. The number of nitrogens with zero attached hydrogens (tertiary/aromatic N) is 6. The molecule has 2 aliphatic rings. The van der Waals surface area contributed by atoms with E-state index in [1.165, 1.54) is 0 Å². The molecule has 0 bridgehead atoms. The molecule has 2 fully saturated rings. The van der Waals surface area contributed by atoms with Crippen molar-refractivity contribution < 1.29 is 9.59 Å². The molecule has 172 valence electrons. The molecular weight excluding hydrogens is 521 g/mol. The second kappa shape index (κ2) is 10.8. The number of hydrogen-bond donors (Lipinski definition) is 1. The number of nitrogens with one attached hydrogen (secondary N) is 1. The highest BCUT2D eigenvalue weighted by Gasteiger charge is 2.28. The number of halogens is 1. The largest absolute Gasteiger partial charge is 0.352 e. The topological polar surface area (TPSA) is 86.1 Å². The van der Waals surface area contributed by atoms with Gasteiger partial charge in [0.05, 0.1) is 11.9 Å². The van der Waals surface area contributed by atoms with Crippen molar-refractivity contribution in [1.82, 2.24) is 24.9 Å². The van der Waals surface area contributed by atoms with E-state index in [2.05, 4.69) is 27.5 Å². The molecule has 0 aliphatic carbocycles. The predicted molar refractivity (Wildman–Crippen MR) is 134 cm³/mol. The zero-order valence-electron chi connectivity index (χ0n) is 18.5. The zero-order valence-corrected chi connectivity index (χ0v) is 20.9. The van der Waals surface area contributed by atoms with Crippen LogP contribution in [0.1, 0.15) is 24.0 Å². The zero-order chi connectivity index (χ0) is 21.8. The number of carbonyl (C=O) groups excluding carboxylic acids is 2. The molecule has 2 aromatic rings. The first-order valence-electron chi connectivity index (χ1n) is 10.6.